The van der Waals surface area contributed by atoms with Crippen molar-refractivity contribution in [2.24, 2.45) is 5.92 Å². The summed E-state index contributed by atoms with van der Waals surface area (Å²) in [7, 11) is 0. The molecule has 2 atom stereocenters. The number of halogens is 2. The first-order valence-electron chi connectivity index (χ1n) is 11.9. The lowest BCUT2D eigenvalue weighted by Crippen LogP contribution is -2.37. The highest BCUT2D eigenvalue weighted by Gasteiger charge is 2.39. The molecule has 1 amide bonds. The van der Waals surface area contributed by atoms with Gasteiger partial charge in [-0.25, -0.2) is 18.3 Å². The highest BCUT2D eigenvalue weighted by molar-refractivity contribution is 6.08. The SMILES string of the molecule is C[C@H]1CC[C@H](n2cc(NC(=O)c3cnn4ccc(N5C[C@H]6C[C@@H]5CO6)nc34)c(C(F)F)n2)CC1. The molecule has 9 nitrogen and oxygen atoms in total. The number of anilines is 2. The Hall–Kier alpha value is -3.08. The summed E-state index contributed by atoms with van der Waals surface area (Å²) in [4.78, 5) is 20.0. The summed E-state index contributed by atoms with van der Waals surface area (Å²) in [5.41, 5.74) is 0.223. The Kier molecular flexibility index (Phi) is 5.23. The smallest absolute Gasteiger partial charge is 0.284 e. The van der Waals surface area contributed by atoms with Crippen LogP contribution in [0.5, 0.6) is 0 Å². The molecule has 34 heavy (non-hydrogen) atoms. The van der Waals surface area contributed by atoms with Crippen molar-refractivity contribution in [1.29, 1.82) is 0 Å². The minimum atomic E-state index is -2.79. The highest BCUT2D eigenvalue weighted by atomic mass is 19.3. The second-order valence-corrected chi connectivity index (χ2v) is 9.69. The molecule has 1 aliphatic carbocycles. The lowest BCUT2D eigenvalue weighted by molar-refractivity contribution is 0.0988. The first-order chi connectivity index (χ1) is 16.5. The number of nitrogens with one attached hydrogen (secondary N) is 1. The van der Waals surface area contributed by atoms with E-state index < -0.39 is 18.0 Å². The molecule has 0 aromatic carbocycles. The van der Waals surface area contributed by atoms with E-state index in [2.05, 4.69) is 32.3 Å². The van der Waals surface area contributed by atoms with Gasteiger partial charge >= 0.3 is 0 Å². The van der Waals surface area contributed by atoms with Crippen molar-refractivity contribution in [3.05, 3.63) is 35.9 Å². The predicted molar refractivity (Wildman–Crippen MR) is 120 cm³/mol. The van der Waals surface area contributed by atoms with Gasteiger partial charge in [0.15, 0.2) is 11.3 Å². The lowest BCUT2D eigenvalue weighted by Gasteiger charge is -2.27. The minimum absolute atomic E-state index is 0.0307. The van der Waals surface area contributed by atoms with Crippen LogP contribution in [0.25, 0.3) is 5.65 Å². The molecule has 0 radical (unpaired) electrons. The van der Waals surface area contributed by atoms with E-state index in [4.69, 9.17) is 4.74 Å². The zero-order valence-corrected chi connectivity index (χ0v) is 18.9. The summed E-state index contributed by atoms with van der Waals surface area (Å²) < 4.78 is 36.3. The number of carbonyl (C=O) groups is 1. The van der Waals surface area contributed by atoms with Crippen LogP contribution in [0.2, 0.25) is 0 Å². The molecule has 3 aromatic rings. The van der Waals surface area contributed by atoms with E-state index in [1.54, 1.807) is 10.9 Å². The van der Waals surface area contributed by atoms with Gasteiger partial charge in [-0.05, 0) is 44.1 Å². The van der Waals surface area contributed by atoms with Crippen molar-refractivity contribution < 1.29 is 18.3 Å². The molecular weight excluding hydrogens is 444 g/mol. The van der Waals surface area contributed by atoms with E-state index in [0.717, 1.165) is 44.5 Å². The van der Waals surface area contributed by atoms with Crippen LogP contribution in [0.4, 0.5) is 20.3 Å². The fourth-order valence-electron chi connectivity index (χ4n) is 5.41. The summed E-state index contributed by atoms with van der Waals surface area (Å²) >= 11 is 0. The Morgan fingerprint density at radius 2 is 2.06 bits per heavy atom. The molecule has 0 spiro atoms. The third-order valence-electron chi connectivity index (χ3n) is 7.37. The standard InChI is InChI=1S/C23H27F2N7O2/c1-13-2-4-14(5-3-13)32-11-18(20(29-32)21(24)25)27-23(33)17-9-26-31-7-6-19(28-22(17)31)30-10-16-8-15(30)12-34-16/h6-7,9,11,13-16,21H,2-5,8,10,12H2,1H3,(H,27,33)/t13-,14-,15-,16-/m1/s1. The second-order valence-electron chi connectivity index (χ2n) is 9.69. The Morgan fingerprint density at radius 1 is 1.24 bits per heavy atom. The summed E-state index contributed by atoms with van der Waals surface area (Å²) in [6, 6.07) is 2.22. The van der Waals surface area contributed by atoms with Crippen LogP contribution >= 0.6 is 0 Å². The van der Waals surface area contributed by atoms with E-state index in [0.29, 0.717) is 18.2 Å². The number of fused-ring (bicyclic) bond motifs is 3. The Bertz CT molecular complexity index is 1220. The van der Waals surface area contributed by atoms with Gasteiger partial charge in [0.2, 0.25) is 0 Å². The second kappa shape index (κ2) is 8.30. The minimum Gasteiger partial charge on any atom is -0.374 e. The van der Waals surface area contributed by atoms with Crippen LogP contribution in [0.15, 0.2) is 24.7 Å². The van der Waals surface area contributed by atoms with Gasteiger partial charge in [-0.3, -0.25) is 9.48 Å². The molecule has 3 fully saturated rings. The number of hydrogen-bond acceptors (Lipinski definition) is 6. The molecule has 3 aromatic heterocycles. The first-order valence-corrected chi connectivity index (χ1v) is 11.9. The molecule has 3 aliphatic rings. The largest absolute Gasteiger partial charge is 0.374 e. The topological polar surface area (TPSA) is 89.6 Å². The van der Waals surface area contributed by atoms with Gasteiger partial charge in [0.1, 0.15) is 11.4 Å². The van der Waals surface area contributed by atoms with Gasteiger partial charge in [0.05, 0.1) is 36.7 Å². The number of aromatic nitrogens is 5. The van der Waals surface area contributed by atoms with Crippen LogP contribution in [-0.4, -0.2) is 55.6 Å². The number of morpholine rings is 1. The van der Waals surface area contributed by atoms with Crippen LogP contribution < -0.4 is 10.2 Å². The third kappa shape index (κ3) is 3.71. The van der Waals surface area contributed by atoms with E-state index >= 15 is 0 Å². The van der Waals surface area contributed by atoms with E-state index in [-0.39, 0.29) is 29.4 Å². The number of ether oxygens (including phenoxy) is 1. The van der Waals surface area contributed by atoms with Crippen molar-refractivity contribution in [2.45, 2.75) is 63.6 Å². The number of amides is 1. The van der Waals surface area contributed by atoms with Crippen molar-refractivity contribution in [1.82, 2.24) is 24.4 Å². The number of hydrogen-bond donors (Lipinski definition) is 1. The lowest BCUT2D eigenvalue weighted by atomic mass is 9.87. The quantitative estimate of drug-likeness (QED) is 0.608. The molecule has 180 valence electrons. The van der Waals surface area contributed by atoms with Gasteiger partial charge in [-0.1, -0.05) is 6.92 Å². The van der Waals surface area contributed by atoms with Gasteiger partial charge in [-0.15, -0.1) is 0 Å². The average molecular weight is 472 g/mol. The van der Waals surface area contributed by atoms with Crippen molar-refractivity contribution in [3.8, 4) is 0 Å². The Morgan fingerprint density at radius 3 is 2.76 bits per heavy atom. The normalized spacial score (nSPS) is 26.6. The van der Waals surface area contributed by atoms with Crippen LogP contribution in [-0.2, 0) is 4.74 Å². The third-order valence-corrected chi connectivity index (χ3v) is 7.37. The maximum absolute atomic E-state index is 13.7. The number of nitrogens with zero attached hydrogens (tertiary/aromatic N) is 6. The van der Waals surface area contributed by atoms with Crippen LogP contribution in [0.3, 0.4) is 0 Å². The fourth-order valence-corrected chi connectivity index (χ4v) is 5.41. The predicted octanol–water partition coefficient (Wildman–Crippen LogP) is 3.84. The molecule has 0 unspecified atom stereocenters. The fraction of sp³-hybridized carbons (Fsp3) is 0.565. The van der Waals surface area contributed by atoms with E-state index in [9.17, 15) is 13.6 Å². The summed E-state index contributed by atoms with van der Waals surface area (Å²) in [5, 5.41) is 11.0. The van der Waals surface area contributed by atoms with Crippen molar-refractivity contribution in [2.75, 3.05) is 23.4 Å². The summed E-state index contributed by atoms with van der Waals surface area (Å²) in [6.07, 6.45) is 6.96. The van der Waals surface area contributed by atoms with Crippen LogP contribution in [0.1, 0.15) is 67.5 Å². The maximum Gasteiger partial charge on any atom is 0.284 e. The van der Waals surface area contributed by atoms with Crippen LogP contribution in [0, 0.1) is 5.92 Å². The van der Waals surface area contributed by atoms with E-state index in [1.165, 1.54) is 16.9 Å². The monoisotopic (exact) mass is 471 g/mol. The molecule has 6 rings (SSSR count). The Balaban J connectivity index is 1.26. The van der Waals surface area contributed by atoms with Crippen molar-refractivity contribution in [3.63, 3.8) is 0 Å². The molecule has 11 heteroatoms. The summed E-state index contributed by atoms with van der Waals surface area (Å²) in [6.45, 7) is 3.64. The number of alkyl halides is 2. The average Bonchev–Trinajstić information content (AvgIpc) is 3.61. The molecule has 1 saturated carbocycles. The molecule has 5 heterocycles. The zero-order valence-electron chi connectivity index (χ0n) is 18.9. The van der Waals surface area contributed by atoms with Gasteiger partial charge in [0.25, 0.3) is 12.3 Å². The maximum atomic E-state index is 13.7. The molecule has 2 aliphatic heterocycles. The first kappa shape index (κ1) is 21.5. The number of carbonyl (C=O) groups excluding carboxylic acids is 1. The van der Waals surface area contributed by atoms with Gasteiger partial charge < -0.3 is 15.0 Å². The molecule has 1 N–H and O–H groups in total. The summed E-state index contributed by atoms with van der Waals surface area (Å²) in [5.74, 6) is 0.854. The highest BCUT2D eigenvalue weighted by Crippen LogP contribution is 2.35. The molecule has 2 bridgehead atoms. The number of rotatable bonds is 5. The zero-order chi connectivity index (χ0) is 23.4. The van der Waals surface area contributed by atoms with E-state index in [1.807, 2.05) is 6.07 Å². The molecule has 2 saturated heterocycles. The van der Waals surface area contributed by atoms with Gasteiger partial charge in [0, 0.05) is 18.9 Å². The van der Waals surface area contributed by atoms with Crippen molar-refractivity contribution >= 4 is 23.1 Å². The van der Waals surface area contributed by atoms with Gasteiger partial charge in [-0.2, -0.15) is 10.2 Å². The molecular formula is C23H27F2N7O2. The Labute approximate surface area is 195 Å².